The van der Waals surface area contributed by atoms with Crippen molar-refractivity contribution in [3.63, 3.8) is 0 Å². The molecule has 7 heteroatoms. The van der Waals surface area contributed by atoms with Gasteiger partial charge in [-0.15, -0.1) is 0 Å². The molecule has 0 bridgehead atoms. The average Bonchev–Trinajstić information content (AvgIpc) is 3.61. The molecule has 2 aromatic rings. The molecule has 31 heavy (non-hydrogen) atoms. The summed E-state index contributed by atoms with van der Waals surface area (Å²) in [6.07, 6.45) is 4.14. The number of aryl methyl sites for hydroxylation is 1. The van der Waals surface area contributed by atoms with Crippen molar-refractivity contribution in [1.82, 2.24) is 4.98 Å². The first-order valence-electron chi connectivity index (χ1n) is 9.96. The van der Waals surface area contributed by atoms with Gasteiger partial charge in [-0.2, -0.15) is 0 Å². The van der Waals surface area contributed by atoms with E-state index in [0.29, 0.717) is 22.9 Å². The topological polar surface area (TPSA) is 82.4 Å². The van der Waals surface area contributed by atoms with E-state index in [4.69, 9.17) is 14.4 Å². The van der Waals surface area contributed by atoms with Crippen molar-refractivity contribution in [3.05, 3.63) is 64.5 Å². The predicted molar refractivity (Wildman–Crippen MR) is 118 cm³/mol. The van der Waals surface area contributed by atoms with E-state index in [1.807, 2.05) is 38.1 Å². The first-order chi connectivity index (χ1) is 15.0. The fourth-order valence-electron chi connectivity index (χ4n) is 2.84. The molecule has 0 aliphatic heterocycles. The number of methoxy groups -OCH3 is 1. The van der Waals surface area contributed by atoms with Gasteiger partial charge in [0.05, 0.1) is 12.8 Å². The summed E-state index contributed by atoms with van der Waals surface area (Å²) in [5.41, 5.74) is 4.56. The third kappa shape index (κ3) is 5.92. The fourth-order valence-corrected chi connectivity index (χ4v) is 2.84. The second-order valence-corrected chi connectivity index (χ2v) is 7.14. The van der Waals surface area contributed by atoms with E-state index >= 15 is 0 Å². The van der Waals surface area contributed by atoms with Gasteiger partial charge in [-0.3, -0.25) is 4.98 Å². The molecule has 1 fully saturated rings. The van der Waals surface area contributed by atoms with Crippen LogP contribution in [0, 0.1) is 24.7 Å². The van der Waals surface area contributed by atoms with Gasteiger partial charge >= 0.3 is 5.97 Å². The highest BCUT2D eigenvalue weighted by Crippen LogP contribution is 2.27. The van der Waals surface area contributed by atoms with Crippen molar-refractivity contribution >= 4 is 17.4 Å². The van der Waals surface area contributed by atoms with Crippen LogP contribution >= 0.6 is 0 Å². The molecule has 0 spiro atoms. The molecule has 0 unspecified atom stereocenters. The smallest absolute Gasteiger partial charge is 0.360 e. The molecule has 0 atom stereocenters. The molecule has 160 valence electrons. The largest absolute Gasteiger partial charge is 0.464 e. The van der Waals surface area contributed by atoms with E-state index in [9.17, 15) is 4.79 Å². The van der Waals surface area contributed by atoms with Gasteiger partial charge in [0.25, 0.3) is 0 Å². The summed E-state index contributed by atoms with van der Waals surface area (Å²) in [5, 5.41) is 8.01. The van der Waals surface area contributed by atoms with Crippen LogP contribution in [-0.4, -0.2) is 36.6 Å². The number of carbonyl (C=O) groups is 1. The van der Waals surface area contributed by atoms with Crippen molar-refractivity contribution < 1.29 is 19.2 Å². The van der Waals surface area contributed by atoms with Gasteiger partial charge in [-0.25, -0.2) is 4.79 Å². The van der Waals surface area contributed by atoms with Crippen molar-refractivity contribution in [2.75, 3.05) is 14.2 Å². The van der Waals surface area contributed by atoms with Crippen molar-refractivity contribution in [3.8, 4) is 11.8 Å². The summed E-state index contributed by atoms with van der Waals surface area (Å²) in [6.45, 7) is 3.89. The Balaban J connectivity index is 1.73. The lowest BCUT2D eigenvalue weighted by molar-refractivity contribution is -0.132. The summed E-state index contributed by atoms with van der Waals surface area (Å²) in [7, 11) is 2.67. The van der Waals surface area contributed by atoms with E-state index in [-0.39, 0.29) is 12.3 Å². The van der Waals surface area contributed by atoms with Crippen LogP contribution < -0.4 is 0 Å². The number of carbonyl (C=O) groups excluding carboxylic acids is 1. The Hall–Kier alpha value is -3.66. The maximum atomic E-state index is 12.1. The first-order valence-corrected chi connectivity index (χ1v) is 9.96. The molecular formula is C24H25N3O4. The normalized spacial score (nSPS) is 13.8. The summed E-state index contributed by atoms with van der Waals surface area (Å²) >= 11 is 0. The van der Waals surface area contributed by atoms with Crippen LogP contribution in [-0.2, 0) is 25.8 Å². The molecule has 0 amide bonds. The minimum Gasteiger partial charge on any atom is -0.464 e. The number of nitrogens with zero attached hydrogens (tertiary/aromatic N) is 3. The Kier molecular flexibility index (Phi) is 7.39. The summed E-state index contributed by atoms with van der Waals surface area (Å²) in [4.78, 5) is 27.0. The van der Waals surface area contributed by atoms with E-state index in [2.05, 4.69) is 27.1 Å². The third-order valence-corrected chi connectivity index (χ3v) is 4.77. The number of rotatable bonds is 7. The highest BCUT2D eigenvalue weighted by atomic mass is 16.6. The molecular weight excluding hydrogens is 394 g/mol. The Morgan fingerprint density at radius 3 is 2.65 bits per heavy atom. The Bertz CT molecular complexity index is 1060. The second kappa shape index (κ2) is 10.4. The quantitative estimate of drug-likeness (QED) is 0.296. The Morgan fingerprint density at radius 2 is 2.00 bits per heavy atom. The number of hydrogen-bond donors (Lipinski definition) is 0. The number of aromatic nitrogens is 1. The number of esters is 1. The second-order valence-electron chi connectivity index (χ2n) is 7.14. The van der Waals surface area contributed by atoms with E-state index in [1.54, 1.807) is 12.3 Å². The van der Waals surface area contributed by atoms with Gasteiger partial charge in [-0.05, 0) is 44.4 Å². The van der Waals surface area contributed by atoms with Gasteiger partial charge in [-0.1, -0.05) is 40.4 Å². The molecule has 1 aromatic heterocycles. The Labute approximate surface area is 182 Å². The molecule has 1 heterocycles. The molecule has 1 aromatic carbocycles. The van der Waals surface area contributed by atoms with Crippen molar-refractivity contribution in [2.45, 2.75) is 33.3 Å². The van der Waals surface area contributed by atoms with Gasteiger partial charge < -0.3 is 14.4 Å². The van der Waals surface area contributed by atoms with Gasteiger partial charge in [0.1, 0.15) is 19.4 Å². The molecule has 0 N–H and O–H groups in total. The van der Waals surface area contributed by atoms with Crippen LogP contribution in [0.25, 0.3) is 0 Å². The lowest BCUT2D eigenvalue weighted by atomic mass is 9.99. The third-order valence-electron chi connectivity index (χ3n) is 4.77. The van der Waals surface area contributed by atoms with Crippen LogP contribution in [0.4, 0.5) is 0 Å². The van der Waals surface area contributed by atoms with E-state index in [1.165, 1.54) is 27.1 Å². The number of hydrogen-bond acceptors (Lipinski definition) is 7. The molecule has 1 aliphatic carbocycles. The highest BCUT2D eigenvalue weighted by Gasteiger charge is 2.21. The first kappa shape index (κ1) is 22.0. The Morgan fingerprint density at radius 1 is 1.19 bits per heavy atom. The van der Waals surface area contributed by atoms with E-state index < -0.39 is 5.97 Å². The van der Waals surface area contributed by atoms with Crippen molar-refractivity contribution in [1.29, 1.82) is 0 Å². The molecule has 1 saturated carbocycles. The van der Waals surface area contributed by atoms with Crippen LogP contribution in [0.1, 0.15) is 47.7 Å². The standard InChI is InChI=1S/C24H25N3O4/c1-16-6-5-7-20(23(27-30-4)24(28)29-3)21(16)15-31-26-17(2)22-13-12-19(14-25-22)11-10-18-8-9-18/h5-7,12-14,18H,8-9,15H2,1-4H3/b26-17+,27-23+. The zero-order chi connectivity index (χ0) is 22.2. The molecule has 1 aliphatic rings. The molecule has 7 nitrogen and oxygen atoms in total. The number of ether oxygens (including phenoxy) is 1. The minimum absolute atomic E-state index is 0.0672. The van der Waals surface area contributed by atoms with Crippen molar-refractivity contribution in [2.24, 2.45) is 16.2 Å². The lowest BCUT2D eigenvalue weighted by Crippen LogP contribution is -2.20. The van der Waals surface area contributed by atoms with Gasteiger partial charge in [0.2, 0.25) is 0 Å². The number of pyridine rings is 1. The minimum atomic E-state index is -0.595. The SMILES string of the molecule is CO/N=C(/C(=O)OC)c1cccc(C)c1CO/N=C(\C)c1ccc(C#CC2CC2)cn1. The molecule has 0 radical (unpaired) electrons. The van der Waals surface area contributed by atoms with Crippen LogP contribution in [0.5, 0.6) is 0 Å². The van der Waals surface area contributed by atoms with Crippen LogP contribution in [0.15, 0.2) is 46.8 Å². The van der Waals surface area contributed by atoms with E-state index in [0.717, 1.165) is 16.7 Å². The summed E-state index contributed by atoms with van der Waals surface area (Å²) in [6, 6.07) is 9.32. The van der Waals surface area contributed by atoms with Crippen LogP contribution in [0.2, 0.25) is 0 Å². The lowest BCUT2D eigenvalue weighted by Gasteiger charge is -2.12. The maximum absolute atomic E-state index is 12.1. The fraction of sp³-hybridized carbons (Fsp3) is 0.333. The zero-order valence-corrected chi connectivity index (χ0v) is 18.1. The molecule has 0 saturated heterocycles. The highest BCUT2D eigenvalue weighted by molar-refractivity contribution is 6.43. The molecule has 3 rings (SSSR count). The predicted octanol–water partition coefficient (Wildman–Crippen LogP) is 3.62. The number of benzene rings is 1. The average molecular weight is 419 g/mol. The zero-order valence-electron chi connectivity index (χ0n) is 18.1. The summed E-state index contributed by atoms with van der Waals surface area (Å²) in [5.74, 6) is 6.32. The monoisotopic (exact) mass is 419 g/mol. The van der Waals surface area contributed by atoms with Gasteiger partial charge in [0, 0.05) is 28.8 Å². The van der Waals surface area contributed by atoms with Crippen LogP contribution in [0.3, 0.4) is 0 Å². The maximum Gasteiger partial charge on any atom is 0.360 e. The van der Waals surface area contributed by atoms with Gasteiger partial charge in [0.15, 0.2) is 5.71 Å². The summed E-state index contributed by atoms with van der Waals surface area (Å²) < 4.78 is 4.82. The number of oxime groups is 2.